The topological polar surface area (TPSA) is 47.6 Å². The van der Waals surface area contributed by atoms with Gasteiger partial charge in [-0.1, -0.05) is 72.3 Å². The minimum absolute atomic E-state index is 0.338. The first-order chi connectivity index (χ1) is 15.2. The van der Waals surface area contributed by atoms with Gasteiger partial charge in [0, 0.05) is 5.02 Å². The molecule has 1 amide bonds. The Balaban J connectivity index is 1.54. The zero-order chi connectivity index (χ0) is 21.5. The molecule has 0 fully saturated rings. The molecule has 0 aromatic heterocycles. The lowest BCUT2D eigenvalue weighted by molar-refractivity contribution is 0.102. The molecule has 0 aliphatic heterocycles. The van der Waals surface area contributed by atoms with E-state index in [4.69, 9.17) is 21.1 Å². The number of halogens is 1. The molecule has 5 heteroatoms. The summed E-state index contributed by atoms with van der Waals surface area (Å²) in [6.07, 6.45) is 0. The average molecular weight is 430 g/mol. The molecule has 4 aromatic carbocycles. The summed E-state index contributed by atoms with van der Waals surface area (Å²) in [7, 11) is 0. The van der Waals surface area contributed by atoms with Crippen molar-refractivity contribution in [3.05, 3.63) is 119 Å². The van der Waals surface area contributed by atoms with E-state index >= 15 is 0 Å². The maximum atomic E-state index is 13.1. The summed E-state index contributed by atoms with van der Waals surface area (Å²) in [4.78, 5) is 13.1. The molecule has 0 unspecified atom stereocenters. The largest absolute Gasteiger partial charge is 0.488 e. The number of rotatable bonds is 7. The van der Waals surface area contributed by atoms with Crippen LogP contribution in [0, 0.1) is 0 Å². The number of benzene rings is 4. The van der Waals surface area contributed by atoms with Gasteiger partial charge in [0.25, 0.3) is 5.91 Å². The van der Waals surface area contributed by atoms with Gasteiger partial charge in [-0.05, 0) is 48.0 Å². The van der Waals surface area contributed by atoms with Gasteiger partial charge >= 0.3 is 0 Å². The second kappa shape index (κ2) is 9.83. The molecule has 4 rings (SSSR count). The summed E-state index contributed by atoms with van der Waals surface area (Å²) in [5.41, 5.74) is 1.90. The van der Waals surface area contributed by atoms with Crippen LogP contribution < -0.4 is 14.8 Å². The van der Waals surface area contributed by atoms with Gasteiger partial charge in [-0.2, -0.15) is 0 Å². The first kappa shape index (κ1) is 20.5. The molecular weight excluding hydrogens is 410 g/mol. The molecule has 1 N–H and O–H groups in total. The van der Waals surface area contributed by atoms with E-state index in [2.05, 4.69) is 5.32 Å². The Morgan fingerprint density at radius 1 is 0.774 bits per heavy atom. The van der Waals surface area contributed by atoms with Crippen LogP contribution in [0.1, 0.15) is 15.9 Å². The molecule has 0 atom stereocenters. The molecule has 0 saturated carbocycles. The molecule has 4 nitrogen and oxygen atoms in total. The average Bonchev–Trinajstić information content (AvgIpc) is 2.81. The third-order valence-corrected chi connectivity index (χ3v) is 4.76. The number of ether oxygens (including phenoxy) is 2. The monoisotopic (exact) mass is 429 g/mol. The third kappa shape index (κ3) is 5.44. The molecule has 31 heavy (non-hydrogen) atoms. The Bertz CT molecular complexity index is 1160. The zero-order valence-electron chi connectivity index (χ0n) is 16.6. The molecule has 0 spiro atoms. The normalized spacial score (nSPS) is 10.4. The number of amides is 1. The number of carbonyl (C=O) groups is 1. The van der Waals surface area contributed by atoms with Crippen molar-refractivity contribution in [3.8, 4) is 17.2 Å². The SMILES string of the molecule is O=C(Nc1ccccc1Oc1ccccc1)c1cc(Cl)ccc1OCc1ccccc1. The van der Waals surface area contributed by atoms with Crippen molar-refractivity contribution in [3.63, 3.8) is 0 Å². The Kier molecular flexibility index (Phi) is 6.50. The summed E-state index contributed by atoms with van der Waals surface area (Å²) in [6, 6.07) is 31.4. The second-order valence-electron chi connectivity index (χ2n) is 6.78. The van der Waals surface area contributed by atoms with Crippen molar-refractivity contribution in [2.45, 2.75) is 6.61 Å². The van der Waals surface area contributed by atoms with Gasteiger partial charge in [0.1, 0.15) is 18.1 Å². The Hall–Kier alpha value is -3.76. The van der Waals surface area contributed by atoms with Gasteiger partial charge in [-0.25, -0.2) is 0 Å². The minimum atomic E-state index is -0.338. The minimum Gasteiger partial charge on any atom is -0.488 e. The van der Waals surface area contributed by atoms with Gasteiger partial charge in [0.15, 0.2) is 5.75 Å². The highest BCUT2D eigenvalue weighted by atomic mass is 35.5. The van der Waals surface area contributed by atoms with Crippen LogP contribution in [0.4, 0.5) is 5.69 Å². The van der Waals surface area contributed by atoms with E-state index in [-0.39, 0.29) is 5.91 Å². The zero-order valence-corrected chi connectivity index (χ0v) is 17.4. The molecule has 154 valence electrons. The lowest BCUT2D eigenvalue weighted by atomic mass is 10.1. The predicted octanol–water partition coefficient (Wildman–Crippen LogP) is 6.96. The van der Waals surface area contributed by atoms with Gasteiger partial charge < -0.3 is 14.8 Å². The third-order valence-electron chi connectivity index (χ3n) is 4.53. The van der Waals surface area contributed by atoms with Crippen molar-refractivity contribution in [1.82, 2.24) is 0 Å². The lowest BCUT2D eigenvalue weighted by Gasteiger charge is -2.15. The van der Waals surface area contributed by atoms with Gasteiger partial charge in [0.2, 0.25) is 0 Å². The molecule has 0 radical (unpaired) electrons. The summed E-state index contributed by atoms with van der Waals surface area (Å²) in [5.74, 6) is 1.33. The molecule has 0 aliphatic rings. The van der Waals surface area contributed by atoms with Crippen LogP contribution in [-0.4, -0.2) is 5.91 Å². The van der Waals surface area contributed by atoms with E-state index < -0.39 is 0 Å². The quantitative estimate of drug-likeness (QED) is 0.345. The highest BCUT2D eigenvalue weighted by Crippen LogP contribution is 2.31. The number of hydrogen-bond donors (Lipinski definition) is 1. The number of nitrogens with one attached hydrogen (secondary N) is 1. The van der Waals surface area contributed by atoms with Gasteiger partial charge in [0.05, 0.1) is 11.3 Å². The highest BCUT2D eigenvalue weighted by molar-refractivity contribution is 6.31. The van der Waals surface area contributed by atoms with Gasteiger partial charge in [-0.3, -0.25) is 4.79 Å². The van der Waals surface area contributed by atoms with Crippen LogP contribution >= 0.6 is 11.6 Å². The molecule has 0 heterocycles. The van der Waals surface area contributed by atoms with Crippen LogP contribution in [0.3, 0.4) is 0 Å². The highest BCUT2D eigenvalue weighted by Gasteiger charge is 2.16. The number of carbonyl (C=O) groups excluding carboxylic acids is 1. The van der Waals surface area contributed by atoms with Crippen LogP contribution in [0.15, 0.2) is 103 Å². The summed E-state index contributed by atoms with van der Waals surface area (Å²) >= 11 is 6.16. The maximum absolute atomic E-state index is 13.1. The van der Waals surface area contributed by atoms with E-state index in [1.165, 1.54) is 0 Å². The van der Waals surface area contributed by atoms with E-state index in [1.807, 2.05) is 72.8 Å². The Labute approximate surface area is 186 Å². The van der Waals surface area contributed by atoms with Crippen molar-refractivity contribution >= 4 is 23.2 Å². The molecular formula is C26H20ClNO3. The Morgan fingerprint density at radius 3 is 2.23 bits per heavy atom. The lowest BCUT2D eigenvalue weighted by Crippen LogP contribution is -2.14. The second-order valence-corrected chi connectivity index (χ2v) is 7.22. The van der Waals surface area contributed by atoms with E-state index in [9.17, 15) is 4.79 Å². The van der Waals surface area contributed by atoms with E-state index in [0.29, 0.717) is 40.1 Å². The predicted molar refractivity (Wildman–Crippen MR) is 123 cm³/mol. The number of para-hydroxylation sites is 3. The summed E-state index contributed by atoms with van der Waals surface area (Å²) < 4.78 is 11.8. The Morgan fingerprint density at radius 2 is 1.45 bits per heavy atom. The number of hydrogen-bond acceptors (Lipinski definition) is 3. The molecule has 0 saturated heterocycles. The first-order valence-corrected chi connectivity index (χ1v) is 10.2. The van der Waals surface area contributed by atoms with Crippen molar-refractivity contribution in [1.29, 1.82) is 0 Å². The standard InChI is InChI=1S/C26H20ClNO3/c27-20-15-16-24(30-18-19-9-3-1-4-10-19)22(17-20)26(29)28-23-13-7-8-14-25(23)31-21-11-5-2-6-12-21/h1-17H,18H2,(H,28,29). The first-order valence-electron chi connectivity index (χ1n) is 9.78. The molecule has 0 bridgehead atoms. The van der Waals surface area contributed by atoms with Crippen LogP contribution in [0.2, 0.25) is 5.02 Å². The van der Waals surface area contributed by atoms with Crippen molar-refractivity contribution < 1.29 is 14.3 Å². The smallest absolute Gasteiger partial charge is 0.259 e. The molecule has 0 aliphatic carbocycles. The molecule has 4 aromatic rings. The summed E-state index contributed by atoms with van der Waals surface area (Å²) in [6.45, 7) is 0.344. The fourth-order valence-electron chi connectivity index (χ4n) is 3.00. The van der Waals surface area contributed by atoms with E-state index in [1.54, 1.807) is 30.3 Å². The number of anilines is 1. The summed E-state index contributed by atoms with van der Waals surface area (Å²) in [5, 5.41) is 3.36. The van der Waals surface area contributed by atoms with E-state index in [0.717, 1.165) is 5.56 Å². The fraction of sp³-hybridized carbons (Fsp3) is 0.0385. The van der Waals surface area contributed by atoms with Crippen LogP contribution in [0.25, 0.3) is 0 Å². The van der Waals surface area contributed by atoms with Gasteiger partial charge in [-0.15, -0.1) is 0 Å². The maximum Gasteiger partial charge on any atom is 0.259 e. The fourth-order valence-corrected chi connectivity index (χ4v) is 3.18. The van der Waals surface area contributed by atoms with Crippen molar-refractivity contribution in [2.75, 3.05) is 5.32 Å². The van der Waals surface area contributed by atoms with Crippen LogP contribution in [0.5, 0.6) is 17.2 Å². The van der Waals surface area contributed by atoms with Crippen LogP contribution in [-0.2, 0) is 6.61 Å². The van der Waals surface area contributed by atoms with Crippen molar-refractivity contribution in [2.24, 2.45) is 0 Å².